The molecule has 0 radical (unpaired) electrons. The maximum atomic E-state index is 13.4. The fourth-order valence-corrected chi connectivity index (χ4v) is 1.68. The van der Waals surface area contributed by atoms with Gasteiger partial charge >= 0.3 is 0 Å². The number of carbonyl (C=O) groups is 2. The first-order chi connectivity index (χ1) is 10.3. The van der Waals surface area contributed by atoms with Crippen LogP contribution in [0.25, 0.3) is 0 Å². The molecule has 1 rings (SSSR count). The van der Waals surface area contributed by atoms with E-state index in [9.17, 15) is 14.0 Å². The number of nitrogens with one attached hydrogen (secondary N) is 2. The molecule has 0 aromatic heterocycles. The van der Waals surface area contributed by atoms with Gasteiger partial charge in [0.1, 0.15) is 5.82 Å². The Morgan fingerprint density at radius 1 is 1.32 bits per heavy atom. The summed E-state index contributed by atoms with van der Waals surface area (Å²) in [6.45, 7) is 3.20. The van der Waals surface area contributed by atoms with Crippen LogP contribution in [0.15, 0.2) is 18.2 Å². The largest absolute Gasteiger partial charge is 0.392 e. The molecule has 0 unspecified atom stereocenters. The Morgan fingerprint density at radius 3 is 2.55 bits per heavy atom. The summed E-state index contributed by atoms with van der Waals surface area (Å²) in [5, 5.41) is 13.9. The summed E-state index contributed by atoms with van der Waals surface area (Å²) < 4.78 is 13.4. The van der Waals surface area contributed by atoms with Gasteiger partial charge in [0, 0.05) is 12.1 Å². The zero-order valence-electron chi connectivity index (χ0n) is 12.7. The van der Waals surface area contributed by atoms with Crippen molar-refractivity contribution in [1.29, 1.82) is 0 Å². The van der Waals surface area contributed by atoms with E-state index in [2.05, 4.69) is 10.6 Å². The first kappa shape index (κ1) is 18.1. The molecule has 122 valence electrons. The van der Waals surface area contributed by atoms with Gasteiger partial charge in [-0.3, -0.25) is 9.59 Å². The van der Waals surface area contributed by atoms with Crippen molar-refractivity contribution in [2.24, 2.45) is 11.7 Å². The third kappa shape index (κ3) is 5.42. The lowest BCUT2D eigenvalue weighted by Gasteiger charge is -2.15. The number of aliphatic hydroxyl groups is 1. The van der Waals surface area contributed by atoms with E-state index in [0.29, 0.717) is 5.56 Å². The molecular weight excluding hydrogens is 289 g/mol. The highest BCUT2D eigenvalue weighted by molar-refractivity contribution is 5.87. The Hall–Kier alpha value is -1.99. The smallest absolute Gasteiger partial charge is 0.239 e. The van der Waals surface area contributed by atoms with Crippen LogP contribution in [-0.2, 0) is 22.7 Å². The minimum absolute atomic E-state index is 0.0175. The molecule has 0 aliphatic heterocycles. The van der Waals surface area contributed by atoms with Crippen LogP contribution < -0.4 is 16.4 Å². The normalized spacial score (nSPS) is 12.1. The van der Waals surface area contributed by atoms with Gasteiger partial charge in [0.05, 0.1) is 19.2 Å². The highest BCUT2D eigenvalue weighted by Crippen LogP contribution is 2.10. The molecular formula is C15H22FN3O3. The second-order valence-corrected chi connectivity index (χ2v) is 5.35. The van der Waals surface area contributed by atoms with Crippen molar-refractivity contribution in [3.8, 4) is 0 Å². The summed E-state index contributed by atoms with van der Waals surface area (Å²) in [6.07, 6.45) is 0. The molecule has 6 nitrogen and oxygen atoms in total. The van der Waals surface area contributed by atoms with Gasteiger partial charge in [0.15, 0.2) is 0 Å². The van der Waals surface area contributed by atoms with Crippen molar-refractivity contribution in [2.45, 2.75) is 33.0 Å². The Morgan fingerprint density at radius 2 is 2.00 bits per heavy atom. The molecule has 7 heteroatoms. The predicted octanol–water partition coefficient (Wildman–Crippen LogP) is 0.0337. The van der Waals surface area contributed by atoms with Crippen molar-refractivity contribution in [3.63, 3.8) is 0 Å². The van der Waals surface area contributed by atoms with E-state index in [1.54, 1.807) is 6.07 Å². The number of nitrogens with two attached hydrogens (primary N) is 1. The van der Waals surface area contributed by atoms with Crippen molar-refractivity contribution < 1.29 is 19.1 Å². The monoisotopic (exact) mass is 311 g/mol. The molecule has 0 saturated carbocycles. The zero-order valence-corrected chi connectivity index (χ0v) is 12.7. The minimum atomic E-state index is -0.659. The van der Waals surface area contributed by atoms with E-state index < -0.39 is 17.8 Å². The summed E-state index contributed by atoms with van der Waals surface area (Å²) in [7, 11) is 0. The van der Waals surface area contributed by atoms with Crippen LogP contribution in [0.5, 0.6) is 0 Å². The molecule has 5 N–H and O–H groups in total. The Bertz CT molecular complexity index is 535. The van der Waals surface area contributed by atoms with Gasteiger partial charge < -0.3 is 21.5 Å². The number of carbonyl (C=O) groups excluding carboxylic acids is 2. The summed E-state index contributed by atoms with van der Waals surface area (Å²) in [6, 6.07) is 3.66. The maximum absolute atomic E-state index is 13.4. The Labute approximate surface area is 128 Å². The van der Waals surface area contributed by atoms with Crippen LogP contribution in [0.4, 0.5) is 4.39 Å². The first-order valence-electron chi connectivity index (χ1n) is 7.03. The number of hydrogen-bond acceptors (Lipinski definition) is 4. The van der Waals surface area contributed by atoms with Crippen LogP contribution >= 0.6 is 0 Å². The summed E-state index contributed by atoms with van der Waals surface area (Å²) in [5.41, 5.74) is 6.41. The van der Waals surface area contributed by atoms with Gasteiger partial charge in [-0.1, -0.05) is 26.0 Å². The molecule has 1 aromatic rings. The van der Waals surface area contributed by atoms with Crippen molar-refractivity contribution in [2.75, 3.05) is 6.54 Å². The highest BCUT2D eigenvalue weighted by Gasteiger charge is 2.17. The van der Waals surface area contributed by atoms with Crippen molar-refractivity contribution in [3.05, 3.63) is 35.1 Å². The van der Waals surface area contributed by atoms with Gasteiger partial charge in [-0.15, -0.1) is 0 Å². The van der Waals surface area contributed by atoms with Gasteiger partial charge in [0.2, 0.25) is 11.8 Å². The predicted molar refractivity (Wildman–Crippen MR) is 80.0 cm³/mol. The quantitative estimate of drug-likeness (QED) is 0.570. The molecule has 0 aliphatic carbocycles. The van der Waals surface area contributed by atoms with Gasteiger partial charge in [-0.2, -0.15) is 0 Å². The van der Waals surface area contributed by atoms with E-state index in [1.807, 2.05) is 13.8 Å². The Kier molecular flexibility index (Phi) is 6.94. The number of hydrogen-bond donors (Lipinski definition) is 4. The van der Waals surface area contributed by atoms with Crippen LogP contribution in [0.1, 0.15) is 25.0 Å². The minimum Gasteiger partial charge on any atom is -0.392 e. The maximum Gasteiger partial charge on any atom is 0.239 e. The average molecular weight is 311 g/mol. The number of halogens is 1. The van der Waals surface area contributed by atoms with Crippen LogP contribution in [0, 0.1) is 11.7 Å². The van der Waals surface area contributed by atoms with Crippen LogP contribution in [0.2, 0.25) is 0 Å². The van der Waals surface area contributed by atoms with E-state index in [0.717, 1.165) is 0 Å². The third-order valence-corrected chi connectivity index (χ3v) is 3.22. The number of benzene rings is 1. The van der Waals surface area contributed by atoms with E-state index in [-0.39, 0.29) is 37.1 Å². The first-order valence-corrected chi connectivity index (χ1v) is 7.03. The lowest BCUT2D eigenvalue weighted by molar-refractivity contribution is -0.127. The van der Waals surface area contributed by atoms with Gasteiger partial charge in [-0.25, -0.2) is 4.39 Å². The van der Waals surface area contributed by atoms with E-state index >= 15 is 0 Å². The second-order valence-electron chi connectivity index (χ2n) is 5.35. The standard InChI is InChI=1S/C15H22FN3O3/c1-9(2)14(17)15(22)19-7-13(21)18-6-10-3-4-11(8-20)12(16)5-10/h3-5,9,14,20H,6-8,17H2,1-2H3,(H,18,21)(H,19,22)/t14-/m0/s1. The molecule has 1 atom stereocenters. The summed E-state index contributed by atoms with van der Waals surface area (Å²) in [5.74, 6) is -1.32. The summed E-state index contributed by atoms with van der Waals surface area (Å²) in [4.78, 5) is 23.2. The van der Waals surface area contributed by atoms with E-state index in [1.165, 1.54) is 12.1 Å². The summed E-state index contributed by atoms with van der Waals surface area (Å²) >= 11 is 0. The Balaban J connectivity index is 2.40. The third-order valence-electron chi connectivity index (χ3n) is 3.22. The molecule has 0 bridgehead atoms. The second kappa shape index (κ2) is 8.45. The van der Waals surface area contributed by atoms with Crippen molar-refractivity contribution in [1.82, 2.24) is 10.6 Å². The average Bonchev–Trinajstić information content (AvgIpc) is 2.49. The lowest BCUT2D eigenvalue weighted by Crippen LogP contribution is -2.47. The molecule has 0 saturated heterocycles. The fourth-order valence-electron chi connectivity index (χ4n) is 1.68. The number of rotatable bonds is 7. The van der Waals surface area contributed by atoms with E-state index in [4.69, 9.17) is 10.8 Å². The fraction of sp³-hybridized carbons (Fsp3) is 0.467. The molecule has 0 spiro atoms. The number of aliphatic hydroxyl groups excluding tert-OH is 1. The molecule has 2 amide bonds. The SMILES string of the molecule is CC(C)[C@H](N)C(=O)NCC(=O)NCc1ccc(CO)c(F)c1. The molecule has 0 heterocycles. The molecule has 22 heavy (non-hydrogen) atoms. The van der Waals surface area contributed by atoms with Crippen molar-refractivity contribution >= 4 is 11.8 Å². The molecule has 0 aliphatic rings. The highest BCUT2D eigenvalue weighted by atomic mass is 19.1. The number of amides is 2. The van der Waals surface area contributed by atoms with Crippen LogP contribution in [-0.4, -0.2) is 29.5 Å². The molecule has 0 fully saturated rings. The van der Waals surface area contributed by atoms with Gasteiger partial charge in [0.25, 0.3) is 0 Å². The lowest BCUT2D eigenvalue weighted by atomic mass is 10.1. The molecule has 1 aromatic carbocycles. The zero-order chi connectivity index (χ0) is 16.7. The van der Waals surface area contributed by atoms with Gasteiger partial charge in [-0.05, 0) is 17.5 Å². The topological polar surface area (TPSA) is 104 Å². The van der Waals surface area contributed by atoms with Crippen LogP contribution in [0.3, 0.4) is 0 Å².